The lowest BCUT2D eigenvalue weighted by molar-refractivity contribution is 0.262. The van der Waals surface area contributed by atoms with Crippen molar-refractivity contribution in [3.05, 3.63) is 23.2 Å². The van der Waals surface area contributed by atoms with Crippen molar-refractivity contribution in [3.8, 4) is 0 Å². The standard InChI is InChI=1S/C15H25NO/c1-10-7-5-6-8-15(10)16-12(3)14-9-11(2)17-13(14)4/h9-10,12,15-16H,5-8H2,1-4H3. The number of nitrogens with one attached hydrogen (secondary N) is 1. The summed E-state index contributed by atoms with van der Waals surface area (Å²) >= 11 is 0. The van der Waals surface area contributed by atoms with Crippen LogP contribution in [-0.2, 0) is 0 Å². The second kappa shape index (κ2) is 5.26. The highest BCUT2D eigenvalue weighted by atomic mass is 16.3. The van der Waals surface area contributed by atoms with Gasteiger partial charge in [0.25, 0.3) is 0 Å². The average molecular weight is 235 g/mol. The van der Waals surface area contributed by atoms with E-state index in [2.05, 4.69) is 32.2 Å². The minimum Gasteiger partial charge on any atom is -0.466 e. The van der Waals surface area contributed by atoms with Gasteiger partial charge in [0.05, 0.1) is 0 Å². The molecular formula is C15H25NO. The molecule has 17 heavy (non-hydrogen) atoms. The molecule has 1 aromatic rings. The van der Waals surface area contributed by atoms with E-state index in [1.54, 1.807) is 0 Å². The summed E-state index contributed by atoms with van der Waals surface area (Å²) in [5.74, 6) is 2.88. The molecule has 1 aliphatic carbocycles. The van der Waals surface area contributed by atoms with E-state index in [0.29, 0.717) is 12.1 Å². The summed E-state index contributed by atoms with van der Waals surface area (Å²) in [5, 5.41) is 3.78. The molecule has 3 unspecified atom stereocenters. The molecule has 0 amide bonds. The quantitative estimate of drug-likeness (QED) is 0.852. The van der Waals surface area contributed by atoms with Gasteiger partial charge in [-0.3, -0.25) is 0 Å². The van der Waals surface area contributed by atoms with Crippen LogP contribution < -0.4 is 5.32 Å². The van der Waals surface area contributed by atoms with Crippen LogP contribution in [0.5, 0.6) is 0 Å². The third-order valence-corrected chi connectivity index (χ3v) is 4.12. The molecule has 1 heterocycles. The molecule has 96 valence electrons. The molecule has 0 aliphatic heterocycles. The predicted octanol–water partition coefficient (Wildman–Crippen LogP) is 4.13. The van der Waals surface area contributed by atoms with E-state index in [1.807, 2.05) is 6.92 Å². The number of aryl methyl sites for hydroxylation is 2. The molecule has 1 fully saturated rings. The Labute approximate surface area is 105 Å². The monoisotopic (exact) mass is 235 g/mol. The molecule has 2 heteroatoms. The second-order valence-electron chi connectivity index (χ2n) is 5.63. The van der Waals surface area contributed by atoms with Crippen LogP contribution in [-0.4, -0.2) is 6.04 Å². The van der Waals surface area contributed by atoms with Gasteiger partial charge in [-0.15, -0.1) is 0 Å². The molecule has 2 rings (SSSR count). The fourth-order valence-electron chi connectivity index (χ4n) is 3.06. The predicted molar refractivity (Wildman–Crippen MR) is 71.2 cm³/mol. The minimum atomic E-state index is 0.401. The van der Waals surface area contributed by atoms with Crippen molar-refractivity contribution in [1.82, 2.24) is 5.32 Å². The largest absolute Gasteiger partial charge is 0.466 e. The van der Waals surface area contributed by atoms with Crippen molar-refractivity contribution in [2.75, 3.05) is 0 Å². The van der Waals surface area contributed by atoms with E-state index in [-0.39, 0.29) is 0 Å². The first-order chi connectivity index (χ1) is 8.08. The van der Waals surface area contributed by atoms with E-state index >= 15 is 0 Å². The maximum atomic E-state index is 5.61. The summed E-state index contributed by atoms with van der Waals surface area (Å²) < 4.78 is 5.61. The van der Waals surface area contributed by atoms with Gasteiger partial charge in [0, 0.05) is 17.6 Å². The Morgan fingerprint density at radius 3 is 2.59 bits per heavy atom. The fourth-order valence-corrected chi connectivity index (χ4v) is 3.06. The molecule has 3 atom stereocenters. The Bertz CT molecular complexity index is 369. The SMILES string of the molecule is Cc1cc(C(C)NC2CCCCC2C)c(C)o1. The van der Waals surface area contributed by atoms with Gasteiger partial charge < -0.3 is 9.73 Å². The van der Waals surface area contributed by atoms with Crippen molar-refractivity contribution in [2.24, 2.45) is 5.92 Å². The first kappa shape index (κ1) is 12.7. The molecule has 0 bridgehead atoms. The van der Waals surface area contributed by atoms with Crippen molar-refractivity contribution in [1.29, 1.82) is 0 Å². The van der Waals surface area contributed by atoms with E-state index < -0.39 is 0 Å². The summed E-state index contributed by atoms with van der Waals surface area (Å²) in [6, 6.07) is 3.24. The summed E-state index contributed by atoms with van der Waals surface area (Å²) in [6.45, 7) is 8.70. The lowest BCUT2D eigenvalue weighted by atomic mass is 9.85. The maximum Gasteiger partial charge on any atom is 0.105 e. The van der Waals surface area contributed by atoms with Crippen LogP contribution in [0.25, 0.3) is 0 Å². The van der Waals surface area contributed by atoms with Gasteiger partial charge in [0.2, 0.25) is 0 Å². The third kappa shape index (κ3) is 2.92. The second-order valence-corrected chi connectivity index (χ2v) is 5.63. The molecule has 0 spiro atoms. The Hall–Kier alpha value is -0.760. The van der Waals surface area contributed by atoms with Gasteiger partial charge in [-0.2, -0.15) is 0 Å². The highest BCUT2D eigenvalue weighted by molar-refractivity contribution is 5.23. The van der Waals surface area contributed by atoms with Gasteiger partial charge in [-0.25, -0.2) is 0 Å². The Morgan fingerprint density at radius 1 is 1.29 bits per heavy atom. The van der Waals surface area contributed by atoms with Crippen molar-refractivity contribution >= 4 is 0 Å². The summed E-state index contributed by atoms with van der Waals surface area (Å²) in [7, 11) is 0. The topological polar surface area (TPSA) is 25.2 Å². The molecule has 0 aromatic carbocycles. The van der Waals surface area contributed by atoms with Crippen LogP contribution in [0.2, 0.25) is 0 Å². The average Bonchev–Trinajstić information content (AvgIpc) is 2.61. The first-order valence-electron chi connectivity index (χ1n) is 6.91. The fraction of sp³-hybridized carbons (Fsp3) is 0.733. The Morgan fingerprint density at radius 2 is 2.00 bits per heavy atom. The number of hydrogen-bond donors (Lipinski definition) is 1. The molecule has 0 radical (unpaired) electrons. The Balaban J connectivity index is 2.00. The number of furan rings is 1. The molecule has 0 saturated heterocycles. The third-order valence-electron chi connectivity index (χ3n) is 4.12. The van der Waals surface area contributed by atoms with E-state index in [1.165, 1.54) is 31.2 Å². The zero-order chi connectivity index (χ0) is 12.4. The minimum absolute atomic E-state index is 0.401. The normalized spacial score (nSPS) is 27.1. The van der Waals surface area contributed by atoms with Crippen LogP contribution in [0.15, 0.2) is 10.5 Å². The number of hydrogen-bond acceptors (Lipinski definition) is 2. The molecule has 1 aromatic heterocycles. The van der Waals surface area contributed by atoms with Gasteiger partial charge in [-0.1, -0.05) is 19.8 Å². The summed E-state index contributed by atoms with van der Waals surface area (Å²) in [4.78, 5) is 0. The van der Waals surface area contributed by atoms with Crippen molar-refractivity contribution in [3.63, 3.8) is 0 Å². The van der Waals surface area contributed by atoms with Crippen LogP contribution >= 0.6 is 0 Å². The molecule has 1 saturated carbocycles. The van der Waals surface area contributed by atoms with Crippen molar-refractivity contribution < 1.29 is 4.42 Å². The number of rotatable bonds is 3. The van der Waals surface area contributed by atoms with Gasteiger partial charge in [0.1, 0.15) is 11.5 Å². The van der Waals surface area contributed by atoms with Crippen LogP contribution in [0.4, 0.5) is 0 Å². The molecule has 1 N–H and O–H groups in total. The lowest BCUT2D eigenvalue weighted by Gasteiger charge is -2.32. The summed E-state index contributed by atoms with van der Waals surface area (Å²) in [6.07, 6.45) is 5.46. The lowest BCUT2D eigenvalue weighted by Crippen LogP contribution is -2.38. The summed E-state index contributed by atoms with van der Waals surface area (Å²) in [5.41, 5.74) is 1.32. The Kier molecular flexibility index (Phi) is 3.93. The molecular weight excluding hydrogens is 210 g/mol. The van der Waals surface area contributed by atoms with Crippen molar-refractivity contribution in [2.45, 2.75) is 65.5 Å². The van der Waals surface area contributed by atoms with E-state index in [4.69, 9.17) is 4.42 Å². The zero-order valence-corrected chi connectivity index (χ0v) is 11.5. The van der Waals surface area contributed by atoms with Gasteiger partial charge >= 0.3 is 0 Å². The first-order valence-corrected chi connectivity index (χ1v) is 6.91. The smallest absolute Gasteiger partial charge is 0.105 e. The van der Waals surface area contributed by atoms with Crippen LogP contribution in [0, 0.1) is 19.8 Å². The van der Waals surface area contributed by atoms with E-state index in [0.717, 1.165) is 17.4 Å². The molecule has 2 nitrogen and oxygen atoms in total. The highest BCUT2D eigenvalue weighted by Gasteiger charge is 2.24. The van der Waals surface area contributed by atoms with Gasteiger partial charge in [-0.05, 0) is 45.6 Å². The highest BCUT2D eigenvalue weighted by Crippen LogP contribution is 2.28. The zero-order valence-electron chi connectivity index (χ0n) is 11.5. The van der Waals surface area contributed by atoms with Gasteiger partial charge in [0.15, 0.2) is 0 Å². The van der Waals surface area contributed by atoms with Crippen LogP contribution in [0.1, 0.15) is 62.7 Å². The van der Waals surface area contributed by atoms with Crippen LogP contribution in [0.3, 0.4) is 0 Å². The van der Waals surface area contributed by atoms with E-state index in [9.17, 15) is 0 Å². The maximum absolute atomic E-state index is 5.61. The molecule has 1 aliphatic rings.